The second-order valence-corrected chi connectivity index (χ2v) is 6.10. The Balaban J connectivity index is 1.76. The van der Waals surface area contributed by atoms with Crippen molar-refractivity contribution < 1.29 is 14.1 Å². The van der Waals surface area contributed by atoms with E-state index in [2.05, 4.69) is 15.4 Å². The molecule has 24 heavy (non-hydrogen) atoms. The maximum Gasteiger partial charge on any atom is 0.256 e. The lowest BCUT2D eigenvalue weighted by molar-refractivity contribution is 0.0162. The summed E-state index contributed by atoms with van der Waals surface area (Å²) >= 11 is 6.38. The number of nitrogens with zero attached hydrogens (tertiary/aromatic N) is 2. The van der Waals surface area contributed by atoms with Crippen LogP contribution in [-0.4, -0.2) is 48.8 Å². The van der Waals surface area contributed by atoms with Gasteiger partial charge in [0.2, 0.25) is 0 Å². The molecule has 128 valence electrons. The SMILES string of the molecule is Cc1oncc1C(=O)NC[C@H](c1ccccc1Cl)N1CCOCC1. The Morgan fingerprint density at radius 1 is 1.38 bits per heavy atom. The predicted octanol–water partition coefficient (Wildman–Crippen LogP) is 2.44. The maximum atomic E-state index is 12.3. The zero-order chi connectivity index (χ0) is 16.9. The molecule has 0 bridgehead atoms. The van der Waals surface area contributed by atoms with Crippen molar-refractivity contribution in [2.45, 2.75) is 13.0 Å². The number of aryl methyl sites for hydroxylation is 1. The van der Waals surface area contributed by atoms with Gasteiger partial charge in [-0.05, 0) is 18.6 Å². The average molecular weight is 350 g/mol. The monoisotopic (exact) mass is 349 g/mol. The molecule has 1 aliphatic rings. The summed E-state index contributed by atoms with van der Waals surface area (Å²) < 4.78 is 10.4. The minimum atomic E-state index is -0.195. The highest BCUT2D eigenvalue weighted by Crippen LogP contribution is 2.27. The number of carbonyl (C=O) groups is 1. The number of amides is 1. The Kier molecular flexibility index (Phi) is 5.50. The van der Waals surface area contributed by atoms with E-state index < -0.39 is 0 Å². The van der Waals surface area contributed by atoms with Crippen molar-refractivity contribution in [1.82, 2.24) is 15.4 Å². The Morgan fingerprint density at radius 2 is 2.12 bits per heavy atom. The summed E-state index contributed by atoms with van der Waals surface area (Å²) in [4.78, 5) is 14.6. The van der Waals surface area contributed by atoms with Gasteiger partial charge in [0.1, 0.15) is 11.3 Å². The standard InChI is InChI=1S/C17H20ClN3O3/c1-12-14(10-20-24-12)17(22)19-11-16(21-6-8-23-9-7-21)13-4-2-3-5-15(13)18/h2-5,10,16H,6-9,11H2,1H3,(H,19,22)/t16-/m1/s1. The number of morpholine rings is 1. The molecular formula is C17H20ClN3O3. The van der Waals surface area contributed by atoms with Crippen molar-refractivity contribution in [3.8, 4) is 0 Å². The van der Waals surface area contributed by atoms with E-state index in [-0.39, 0.29) is 11.9 Å². The summed E-state index contributed by atoms with van der Waals surface area (Å²) in [6, 6.07) is 7.73. The van der Waals surface area contributed by atoms with Crippen LogP contribution in [-0.2, 0) is 4.74 Å². The molecule has 1 aliphatic heterocycles. The first kappa shape index (κ1) is 17.0. The van der Waals surface area contributed by atoms with E-state index in [4.69, 9.17) is 20.9 Å². The molecule has 0 radical (unpaired) electrons. The van der Waals surface area contributed by atoms with Crippen molar-refractivity contribution in [2.75, 3.05) is 32.8 Å². The van der Waals surface area contributed by atoms with Crippen LogP contribution in [0.25, 0.3) is 0 Å². The highest BCUT2D eigenvalue weighted by atomic mass is 35.5. The van der Waals surface area contributed by atoms with Crippen molar-refractivity contribution in [1.29, 1.82) is 0 Å². The topological polar surface area (TPSA) is 67.6 Å². The number of nitrogens with one attached hydrogen (secondary N) is 1. The smallest absolute Gasteiger partial charge is 0.256 e. The minimum Gasteiger partial charge on any atom is -0.379 e. The second kappa shape index (κ2) is 7.79. The molecule has 1 atom stereocenters. The summed E-state index contributed by atoms with van der Waals surface area (Å²) in [5, 5.41) is 7.32. The molecule has 0 unspecified atom stereocenters. The van der Waals surface area contributed by atoms with Gasteiger partial charge in [0.25, 0.3) is 5.91 Å². The normalized spacial score (nSPS) is 16.8. The Hall–Kier alpha value is -1.89. The summed E-state index contributed by atoms with van der Waals surface area (Å²) in [5.74, 6) is 0.312. The number of hydrogen-bond acceptors (Lipinski definition) is 5. The third kappa shape index (κ3) is 3.77. The second-order valence-electron chi connectivity index (χ2n) is 5.69. The third-order valence-corrected chi connectivity index (χ3v) is 4.55. The highest BCUT2D eigenvalue weighted by molar-refractivity contribution is 6.31. The zero-order valence-corrected chi connectivity index (χ0v) is 14.3. The first-order chi connectivity index (χ1) is 11.7. The van der Waals surface area contributed by atoms with Gasteiger partial charge in [-0.15, -0.1) is 0 Å². The van der Waals surface area contributed by atoms with Crippen LogP contribution in [0.4, 0.5) is 0 Å². The number of benzene rings is 1. The first-order valence-corrected chi connectivity index (χ1v) is 8.30. The Morgan fingerprint density at radius 3 is 2.79 bits per heavy atom. The zero-order valence-electron chi connectivity index (χ0n) is 13.5. The molecule has 1 aromatic heterocycles. The molecule has 0 spiro atoms. The molecule has 1 aromatic carbocycles. The largest absolute Gasteiger partial charge is 0.379 e. The van der Waals surface area contributed by atoms with Crippen molar-refractivity contribution >= 4 is 17.5 Å². The van der Waals surface area contributed by atoms with Gasteiger partial charge in [-0.3, -0.25) is 9.69 Å². The molecule has 2 heterocycles. The van der Waals surface area contributed by atoms with E-state index in [1.54, 1.807) is 6.92 Å². The molecule has 1 saturated heterocycles. The predicted molar refractivity (Wildman–Crippen MR) is 90.2 cm³/mol. The van der Waals surface area contributed by atoms with Crippen LogP contribution in [0.3, 0.4) is 0 Å². The van der Waals surface area contributed by atoms with Crippen LogP contribution in [0.1, 0.15) is 27.7 Å². The van der Waals surface area contributed by atoms with Crippen molar-refractivity contribution in [2.24, 2.45) is 0 Å². The number of rotatable bonds is 5. The van der Waals surface area contributed by atoms with Crippen LogP contribution in [0.5, 0.6) is 0 Å². The lowest BCUT2D eigenvalue weighted by Crippen LogP contribution is -2.44. The van der Waals surface area contributed by atoms with Crippen molar-refractivity contribution in [3.63, 3.8) is 0 Å². The van der Waals surface area contributed by atoms with E-state index in [1.165, 1.54) is 6.20 Å². The van der Waals surface area contributed by atoms with Gasteiger partial charge in [0, 0.05) is 24.7 Å². The summed E-state index contributed by atoms with van der Waals surface area (Å²) in [6.45, 7) is 5.14. The van der Waals surface area contributed by atoms with Crippen LogP contribution >= 0.6 is 11.6 Å². The third-order valence-electron chi connectivity index (χ3n) is 4.20. The lowest BCUT2D eigenvalue weighted by Gasteiger charge is -2.35. The van der Waals surface area contributed by atoms with Crippen LogP contribution in [0.2, 0.25) is 5.02 Å². The van der Waals surface area contributed by atoms with E-state index in [0.717, 1.165) is 18.7 Å². The number of halogens is 1. The number of carbonyl (C=O) groups excluding carboxylic acids is 1. The Bertz CT molecular complexity index is 698. The summed E-state index contributed by atoms with van der Waals surface area (Å²) in [7, 11) is 0. The molecule has 6 nitrogen and oxygen atoms in total. The molecule has 0 aliphatic carbocycles. The van der Waals surface area contributed by atoms with Gasteiger partial charge in [-0.2, -0.15) is 0 Å². The quantitative estimate of drug-likeness (QED) is 0.898. The van der Waals surface area contributed by atoms with E-state index in [0.29, 0.717) is 36.1 Å². The number of hydrogen-bond donors (Lipinski definition) is 1. The summed E-state index contributed by atoms with van der Waals surface area (Å²) in [5.41, 5.74) is 1.46. The first-order valence-electron chi connectivity index (χ1n) is 7.92. The van der Waals surface area contributed by atoms with Gasteiger partial charge >= 0.3 is 0 Å². The van der Waals surface area contributed by atoms with Gasteiger partial charge in [0.05, 0.1) is 25.5 Å². The van der Waals surface area contributed by atoms with E-state index >= 15 is 0 Å². The number of aromatic nitrogens is 1. The fourth-order valence-corrected chi connectivity index (χ4v) is 3.13. The van der Waals surface area contributed by atoms with Crippen molar-refractivity contribution in [3.05, 3.63) is 52.4 Å². The van der Waals surface area contributed by atoms with Gasteiger partial charge in [-0.25, -0.2) is 0 Å². The Labute approximate surface area is 145 Å². The van der Waals surface area contributed by atoms with E-state index in [9.17, 15) is 4.79 Å². The van der Waals surface area contributed by atoms with Crippen LogP contribution in [0, 0.1) is 6.92 Å². The fourth-order valence-electron chi connectivity index (χ4n) is 2.87. The van der Waals surface area contributed by atoms with Gasteiger partial charge in [-0.1, -0.05) is 35.0 Å². The van der Waals surface area contributed by atoms with Gasteiger partial charge in [0.15, 0.2) is 0 Å². The molecule has 1 amide bonds. The molecular weight excluding hydrogens is 330 g/mol. The van der Waals surface area contributed by atoms with Gasteiger partial charge < -0.3 is 14.6 Å². The van der Waals surface area contributed by atoms with Crippen LogP contribution < -0.4 is 5.32 Å². The molecule has 7 heteroatoms. The molecule has 0 saturated carbocycles. The fraction of sp³-hybridized carbons (Fsp3) is 0.412. The number of ether oxygens (including phenoxy) is 1. The molecule has 2 aromatic rings. The van der Waals surface area contributed by atoms with E-state index in [1.807, 2.05) is 24.3 Å². The highest BCUT2D eigenvalue weighted by Gasteiger charge is 2.25. The molecule has 1 fully saturated rings. The maximum absolute atomic E-state index is 12.3. The molecule has 3 rings (SSSR count). The van der Waals surface area contributed by atoms with Crippen LogP contribution in [0.15, 0.2) is 35.0 Å². The molecule has 1 N–H and O–H groups in total. The minimum absolute atomic E-state index is 0.00767. The summed E-state index contributed by atoms with van der Waals surface area (Å²) in [6.07, 6.45) is 1.43. The average Bonchev–Trinajstić information content (AvgIpc) is 3.03. The lowest BCUT2D eigenvalue weighted by atomic mass is 10.0.